The standard InChI is InChI=1S/C20H22N4O3/c1-26-12-7-8-19(27-2)14(9-12)16-10-17(24-23-16)20(25)22-18-11-21-15-6-4-3-5-13(15)18/h3-9,11,16-17,21,23-24H,10H2,1-2H3,(H,22,25). The van der Waals surface area contributed by atoms with Gasteiger partial charge in [-0.15, -0.1) is 0 Å². The molecule has 1 fully saturated rings. The van der Waals surface area contributed by atoms with Gasteiger partial charge in [0.25, 0.3) is 0 Å². The molecule has 2 heterocycles. The van der Waals surface area contributed by atoms with Crippen molar-refractivity contribution in [3.63, 3.8) is 0 Å². The zero-order chi connectivity index (χ0) is 18.8. The molecule has 27 heavy (non-hydrogen) atoms. The summed E-state index contributed by atoms with van der Waals surface area (Å²) in [7, 11) is 3.26. The number of anilines is 1. The van der Waals surface area contributed by atoms with Gasteiger partial charge in [0, 0.05) is 22.7 Å². The highest BCUT2D eigenvalue weighted by Crippen LogP contribution is 2.33. The molecule has 1 saturated heterocycles. The van der Waals surface area contributed by atoms with Gasteiger partial charge in [-0.05, 0) is 30.7 Å². The fraction of sp³-hybridized carbons (Fsp3) is 0.250. The number of amides is 1. The summed E-state index contributed by atoms with van der Waals surface area (Å²) in [5, 5.41) is 3.99. The van der Waals surface area contributed by atoms with E-state index in [2.05, 4.69) is 21.2 Å². The summed E-state index contributed by atoms with van der Waals surface area (Å²) in [4.78, 5) is 15.9. The lowest BCUT2D eigenvalue weighted by molar-refractivity contribution is -0.117. The van der Waals surface area contributed by atoms with Gasteiger partial charge in [-0.1, -0.05) is 18.2 Å². The van der Waals surface area contributed by atoms with Crippen molar-refractivity contribution >= 4 is 22.5 Å². The number of carbonyl (C=O) groups is 1. The second kappa shape index (κ2) is 7.30. The molecule has 0 saturated carbocycles. The average Bonchev–Trinajstić information content (AvgIpc) is 3.35. The number of hydrogen-bond acceptors (Lipinski definition) is 5. The third kappa shape index (κ3) is 3.34. The second-order valence-electron chi connectivity index (χ2n) is 6.47. The lowest BCUT2D eigenvalue weighted by Crippen LogP contribution is -2.39. The maximum atomic E-state index is 12.7. The molecule has 4 N–H and O–H groups in total. The Balaban J connectivity index is 1.49. The van der Waals surface area contributed by atoms with E-state index in [-0.39, 0.29) is 18.0 Å². The summed E-state index contributed by atoms with van der Waals surface area (Å²) in [5.74, 6) is 1.42. The van der Waals surface area contributed by atoms with E-state index in [1.165, 1.54) is 0 Å². The second-order valence-corrected chi connectivity index (χ2v) is 6.47. The first-order valence-corrected chi connectivity index (χ1v) is 8.79. The highest BCUT2D eigenvalue weighted by Gasteiger charge is 2.32. The number of nitrogens with one attached hydrogen (secondary N) is 4. The predicted octanol–water partition coefficient (Wildman–Crippen LogP) is 2.73. The predicted molar refractivity (Wildman–Crippen MR) is 104 cm³/mol. The number of carbonyl (C=O) groups excluding carboxylic acids is 1. The van der Waals surface area contributed by atoms with Gasteiger partial charge in [0.1, 0.15) is 17.5 Å². The van der Waals surface area contributed by atoms with E-state index >= 15 is 0 Å². The van der Waals surface area contributed by atoms with Crippen LogP contribution in [0.4, 0.5) is 5.69 Å². The van der Waals surface area contributed by atoms with Crippen LogP contribution in [0.15, 0.2) is 48.7 Å². The van der Waals surface area contributed by atoms with Gasteiger partial charge in [-0.25, -0.2) is 10.9 Å². The zero-order valence-corrected chi connectivity index (χ0v) is 15.2. The Kier molecular flexibility index (Phi) is 4.70. The maximum absolute atomic E-state index is 12.7. The van der Waals surface area contributed by atoms with Crippen molar-refractivity contribution in [3.8, 4) is 11.5 Å². The van der Waals surface area contributed by atoms with Gasteiger partial charge in [0.2, 0.25) is 5.91 Å². The van der Waals surface area contributed by atoms with Crippen LogP contribution in [0.3, 0.4) is 0 Å². The summed E-state index contributed by atoms with van der Waals surface area (Å²) in [5.41, 5.74) is 9.00. The molecule has 2 atom stereocenters. The van der Waals surface area contributed by atoms with Crippen LogP contribution in [0.1, 0.15) is 18.0 Å². The molecule has 1 aliphatic rings. The molecule has 2 unspecified atom stereocenters. The van der Waals surface area contributed by atoms with Crippen LogP contribution >= 0.6 is 0 Å². The Morgan fingerprint density at radius 2 is 1.96 bits per heavy atom. The summed E-state index contributed by atoms with van der Waals surface area (Å²) >= 11 is 0. The Labute approximate surface area is 157 Å². The smallest absolute Gasteiger partial charge is 0.242 e. The lowest BCUT2D eigenvalue weighted by Gasteiger charge is -2.15. The van der Waals surface area contributed by atoms with Gasteiger partial charge < -0.3 is 19.8 Å². The molecular weight excluding hydrogens is 344 g/mol. The molecule has 7 heteroatoms. The number of hydrazine groups is 1. The third-order valence-corrected chi connectivity index (χ3v) is 4.88. The maximum Gasteiger partial charge on any atom is 0.242 e. The average molecular weight is 366 g/mol. The molecule has 1 amide bonds. The molecule has 1 aliphatic heterocycles. The number of fused-ring (bicyclic) bond motifs is 1. The van der Waals surface area contributed by atoms with Crippen molar-refractivity contribution in [2.24, 2.45) is 0 Å². The molecule has 0 spiro atoms. The number of rotatable bonds is 5. The first-order chi connectivity index (χ1) is 13.2. The van der Waals surface area contributed by atoms with Gasteiger partial charge in [-0.2, -0.15) is 0 Å². The number of aromatic amines is 1. The van der Waals surface area contributed by atoms with E-state index in [0.29, 0.717) is 6.42 Å². The van der Waals surface area contributed by atoms with E-state index in [1.807, 2.05) is 48.7 Å². The van der Waals surface area contributed by atoms with Crippen molar-refractivity contribution in [1.82, 2.24) is 15.8 Å². The Hall–Kier alpha value is -3.03. The topological polar surface area (TPSA) is 87.4 Å². The van der Waals surface area contributed by atoms with E-state index in [0.717, 1.165) is 33.7 Å². The van der Waals surface area contributed by atoms with Crippen molar-refractivity contribution in [2.45, 2.75) is 18.5 Å². The summed E-state index contributed by atoms with van der Waals surface area (Å²) < 4.78 is 10.8. The molecule has 7 nitrogen and oxygen atoms in total. The molecule has 140 valence electrons. The summed E-state index contributed by atoms with van der Waals surface area (Å²) in [6.45, 7) is 0. The molecule has 2 aromatic carbocycles. The number of ether oxygens (including phenoxy) is 2. The van der Waals surface area contributed by atoms with Crippen LogP contribution in [-0.4, -0.2) is 31.2 Å². The van der Waals surface area contributed by atoms with Crippen molar-refractivity contribution in [1.29, 1.82) is 0 Å². The SMILES string of the molecule is COc1ccc(OC)c(C2CC(C(=O)Nc3c[nH]c4ccccc34)NN2)c1. The minimum atomic E-state index is -0.362. The number of hydrogen-bond donors (Lipinski definition) is 4. The molecular formula is C20H22N4O3. The third-order valence-electron chi connectivity index (χ3n) is 4.88. The number of benzene rings is 2. The highest BCUT2D eigenvalue weighted by atomic mass is 16.5. The number of H-pyrrole nitrogens is 1. The summed E-state index contributed by atoms with van der Waals surface area (Å²) in [6.07, 6.45) is 2.41. The van der Waals surface area contributed by atoms with E-state index < -0.39 is 0 Å². The number of para-hydroxylation sites is 1. The largest absolute Gasteiger partial charge is 0.497 e. The molecule has 1 aromatic heterocycles. The summed E-state index contributed by atoms with van der Waals surface area (Å²) in [6, 6.07) is 13.1. The fourth-order valence-electron chi connectivity index (χ4n) is 3.44. The number of methoxy groups -OCH3 is 2. The molecule has 4 rings (SSSR count). The lowest BCUT2D eigenvalue weighted by atomic mass is 10.0. The quantitative estimate of drug-likeness (QED) is 0.558. The van der Waals surface area contributed by atoms with Gasteiger partial charge >= 0.3 is 0 Å². The van der Waals surface area contributed by atoms with Crippen LogP contribution < -0.4 is 25.6 Å². The first kappa shape index (κ1) is 17.4. The van der Waals surface area contributed by atoms with E-state index in [9.17, 15) is 4.79 Å². The van der Waals surface area contributed by atoms with Crippen molar-refractivity contribution in [2.75, 3.05) is 19.5 Å². The first-order valence-electron chi connectivity index (χ1n) is 8.79. The van der Waals surface area contributed by atoms with E-state index in [1.54, 1.807) is 14.2 Å². The van der Waals surface area contributed by atoms with E-state index in [4.69, 9.17) is 9.47 Å². The van der Waals surface area contributed by atoms with Gasteiger partial charge in [0.15, 0.2) is 0 Å². The van der Waals surface area contributed by atoms with Crippen LogP contribution in [0.2, 0.25) is 0 Å². The minimum Gasteiger partial charge on any atom is -0.497 e. The van der Waals surface area contributed by atoms with Crippen molar-refractivity contribution in [3.05, 3.63) is 54.2 Å². The van der Waals surface area contributed by atoms with Crippen LogP contribution in [0, 0.1) is 0 Å². The Bertz CT molecular complexity index is 969. The van der Waals surface area contributed by atoms with Crippen LogP contribution in [0.25, 0.3) is 10.9 Å². The highest BCUT2D eigenvalue weighted by molar-refractivity contribution is 6.03. The molecule has 0 bridgehead atoms. The fourth-order valence-corrected chi connectivity index (χ4v) is 3.44. The minimum absolute atomic E-state index is 0.0613. The molecule has 3 aromatic rings. The Morgan fingerprint density at radius 3 is 2.78 bits per heavy atom. The number of aromatic nitrogens is 1. The molecule has 0 aliphatic carbocycles. The van der Waals surface area contributed by atoms with Crippen molar-refractivity contribution < 1.29 is 14.3 Å². The molecule has 0 radical (unpaired) electrons. The zero-order valence-electron chi connectivity index (χ0n) is 15.2. The monoisotopic (exact) mass is 366 g/mol. The van der Waals surface area contributed by atoms with Gasteiger partial charge in [-0.3, -0.25) is 4.79 Å². The van der Waals surface area contributed by atoms with Gasteiger partial charge in [0.05, 0.1) is 25.9 Å². The van der Waals surface area contributed by atoms with Crippen LogP contribution in [-0.2, 0) is 4.79 Å². The normalized spacial score (nSPS) is 19.2. The Morgan fingerprint density at radius 1 is 1.11 bits per heavy atom. The van der Waals surface area contributed by atoms with Crippen LogP contribution in [0.5, 0.6) is 11.5 Å².